The second-order valence-electron chi connectivity index (χ2n) is 7.31. The number of hydrogen-bond acceptors (Lipinski definition) is 8. The molecule has 0 radical (unpaired) electrons. The minimum absolute atomic E-state index is 0.137. The minimum atomic E-state index is -0.172. The van der Waals surface area contributed by atoms with Gasteiger partial charge >= 0.3 is 0 Å². The molecule has 3 aromatic carbocycles. The first-order valence-corrected chi connectivity index (χ1v) is 11.7. The van der Waals surface area contributed by atoms with E-state index in [1.165, 1.54) is 11.8 Å². The van der Waals surface area contributed by atoms with Crippen molar-refractivity contribution >= 4 is 23.4 Å². The molecule has 0 spiro atoms. The van der Waals surface area contributed by atoms with E-state index in [1.54, 1.807) is 45.6 Å². The lowest BCUT2D eigenvalue weighted by Crippen LogP contribution is -2.14. The molecule has 0 aliphatic heterocycles. The molecule has 0 aliphatic rings. The molecule has 0 saturated heterocycles. The van der Waals surface area contributed by atoms with E-state index in [0.717, 1.165) is 28.4 Å². The summed E-state index contributed by atoms with van der Waals surface area (Å²) in [5.41, 5.74) is 3.68. The molecule has 35 heavy (non-hydrogen) atoms. The fourth-order valence-corrected chi connectivity index (χ4v) is 3.85. The third kappa shape index (κ3) is 6.07. The smallest absolute Gasteiger partial charge is 0.234 e. The third-order valence-corrected chi connectivity index (χ3v) is 5.94. The second-order valence-corrected chi connectivity index (χ2v) is 8.26. The summed E-state index contributed by atoms with van der Waals surface area (Å²) < 4.78 is 15.7. The molecule has 4 rings (SSSR count). The van der Waals surface area contributed by atoms with Crippen molar-refractivity contribution < 1.29 is 19.0 Å². The SMILES string of the molecule is COc1ccc(NC(=O)CSc2nnc(-c3ccc(OC)cc3)c(-c3ccc(OC)cc3)n2)cc1. The molecule has 8 nitrogen and oxygen atoms in total. The summed E-state index contributed by atoms with van der Waals surface area (Å²) in [6.07, 6.45) is 0. The second kappa shape index (κ2) is 11.3. The van der Waals surface area contributed by atoms with E-state index in [9.17, 15) is 4.79 Å². The number of benzene rings is 3. The van der Waals surface area contributed by atoms with Crippen molar-refractivity contribution in [3.8, 4) is 39.8 Å². The molecule has 178 valence electrons. The number of hydrogen-bond donors (Lipinski definition) is 1. The molecule has 0 fully saturated rings. The average Bonchev–Trinajstić information content (AvgIpc) is 2.92. The summed E-state index contributed by atoms with van der Waals surface area (Å²) >= 11 is 1.22. The summed E-state index contributed by atoms with van der Waals surface area (Å²) in [7, 11) is 4.84. The van der Waals surface area contributed by atoms with Gasteiger partial charge in [0.1, 0.15) is 28.6 Å². The number of carbonyl (C=O) groups excluding carboxylic acids is 1. The maximum absolute atomic E-state index is 12.4. The van der Waals surface area contributed by atoms with Crippen LogP contribution in [-0.2, 0) is 4.79 Å². The van der Waals surface area contributed by atoms with Gasteiger partial charge in [0.05, 0.1) is 27.1 Å². The number of amides is 1. The average molecular weight is 489 g/mol. The maximum Gasteiger partial charge on any atom is 0.234 e. The van der Waals surface area contributed by atoms with Crippen molar-refractivity contribution in [3.05, 3.63) is 72.8 Å². The zero-order valence-corrected chi connectivity index (χ0v) is 20.3. The molecule has 1 heterocycles. The van der Waals surface area contributed by atoms with Crippen LogP contribution in [0.25, 0.3) is 22.5 Å². The molecule has 9 heteroatoms. The van der Waals surface area contributed by atoms with Crippen LogP contribution in [0.4, 0.5) is 5.69 Å². The monoisotopic (exact) mass is 488 g/mol. The third-order valence-electron chi connectivity index (χ3n) is 5.10. The Kier molecular flexibility index (Phi) is 7.79. The predicted octanol–water partition coefficient (Wildman–Crippen LogP) is 4.96. The number of ether oxygens (including phenoxy) is 3. The van der Waals surface area contributed by atoms with Crippen LogP contribution in [-0.4, -0.2) is 48.2 Å². The summed E-state index contributed by atoms with van der Waals surface area (Å²) in [4.78, 5) is 17.2. The Morgan fingerprint density at radius 2 is 1.20 bits per heavy atom. The van der Waals surface area contributed by atoms with Gasteiger partial charge in [-0.2, -0.15) is 0 Å². The highest BCUT2D eigenvalue weighted by atomic mass is 32.2. The lowest BCUT2D eigenvalue weighted by atomic mass is 10.0. The Labute approximate surface area is 207 Å². The number of rotatable bonds is 9. The van der Waals surface area contributed by atoms with E-state index in [4.69, 9.17) is 19.2 Å². The molecule has 0 saturated carbocycles. The number of thioether (sulfide) groups is 1. The van der Waals surface area contributed by atoms with Crippen LogP contribution in [0.1, 0.15) is 0 Å². The van der Waals surface area contributed by atoms with Crippen molar-refractivity contribution in [1.82, 2.24) is 15.2 Å². The van der Waals surface area contributed by atoms with Crippen LogP contribution in [0, 0.1) is 0 Å². The molecule has 0 bridgehead atoms. The maximum atomic E-state index is 12.4. The van der Waals surface area contributed by atoms with Crippen LogP contribution in [0.5, 0.6) is 17.2 Å². The van der Waals surface area contributed by atoms with Gasteiger partial charge in [0.15, 0.2) is 0 Å². The van der Waals surface area contributed by atoms with Crippen LogP contribution in [0.15, 0.2) is 78.0 Å². The number of nitrogens with zero attached hydrogens (tertiary/aromatic N) is 3. The van der Waals surface area contributed by atoms with Gasteiger partial charge in [0.25, 0.3) is 0 Å². The Morgan fingerprint density at radius 3 is 1.71 bits per heavy atom. The highest BCUT2D eigenvalue weighted by Crippen LogP contribution is 2.32. The van der Waals surface area contributed by atoms with Gasteiger partial charge in [-0.1, -0.05) is 11.8 Å². The molecular weight excluding hydrogens is 464 g/mol. The van der Waals surface area contributed by atoms with Crippen molar-refractivity contribution in [2.45, 2.75) is 5.16 Å². The van der Waals surface area contributed by atoms with E-state index >= 15 is 0 Å². The summed E-state index contributed by atoms with van der Waals surface area (Å²) in [6.45, 7) is 0. The largest absolute Gasteiger partial charge is 0.497 e. The molecule has 0 atom stereocenters. The van der Waals surface area contributed by atoms with Crippen LogP contribution >= 0.6 is 11.8 Å². The van der Waals surface area contributed by atoms with Crippen molar-refractivity contribution in [2.24, 2.45) is 0 Å². The number of aromatic nitrogens is 3. The fourth-order valence-electron chi connectivity index (χ4n) is 3.27. The molecule has 1 amide bonds. The van der Waals surface area contributed by atoms with E-state index in [-0.39, 0.29) is 11.7 Å². The molecule has 0 aliphatic carbocycles. The zero-order valence-electron chi connectivity index (χ0n) is 19.5. The van der Waals surface area contributed by atoms with Crippen molar-refractivity contribution in [3.63, 3.8) is 0 Å². The standard InChI is InChI=1S/C26H24N4O4S/c1-32-20-10-4-17(5-11-20)24-25(18-6-12-21(33-2)13-7-18)29-30-26(28-24)35-16-23(31)27-19-8-14-22(34-3)15-9-19/h4-15H,16H2,1-3H3,(H,27,31). The summed E-state index contributed by atoms with van der Waals surface area (Å²) in [6, 6.07) is 22.2. The molecular formula is C26H24N4O4S. The van der Waals surface area contributed by atoms with E-state index < -0.39 is 0 Å². The Balaban J connectivity index is 1.56. The first kappa shape index (κ1) is 24.0. The van der Waals surface area contributed by atoms with Gasteiger partial charge in [0, 0.05) is 16.8 Å². The van der Waals surface area contributed by atoms with Crippen LogP contribution in [0.3, 0.4) is 0 Å². The molecule has 0 unspecified atom stereocenters. The number of anilines is 1. The quantitative estimate of drug-likeness (QED) is 0.330. The topological polar surface area (TPSA) is 95.5 Å². The summed E-state index contributed by atoms with van der Waals surface area (Å²) in [5.74, 6) is 2.17. The summed E-state index contributed by atoms with van der Waals surface area (Å²) in [5, 5.41) is 12.0. The number of nitrogens with one attached hydrogen (secondary N) is 1. The first-order chi connectivity index (χ1) is 17.1. The first-order valence-electron chi connectivity index (χ1n) is 10.7. The lowest BCUT2D eigenvalue weighted by molar-refractivity contribution is -0.113. The normalized spacial score (nSPS) is 10.5. The fraction of sp³-hybridized carbons (Fsp3) is 0.154. The van der Waals surface area contributed by atoms with Gasteiger partial charge in [-0.25, -0.2) is 4.98 Å². The van der Waals surface area contributed by atoms with E-state index in [2.05, 4.69) is 15.5 Å². The predicted molar refractivity (Wildman–Crippen MR) is 136 cm³/mol. The Morgan fingerprint density at radius 1 is 0.714 bits per heavy atom. The van der Waals surface area contributed by atoms with Crippen LogP contribution < -0.4 is 19.5 Å². The lowest BCUT2D eigenvalue weighted by Gasteiger charge is -2.11. The van der Waals surface area contributed by atoms with Gasteiger partial charge in [-0.05, 0) is 72.8 Å². The van der Waals surface area contributed by atoms with Crippen LogP contribution in [0.2, 0.25) is 0 Å². The zero-order chi connectivity index (χ0) is 24.6. The highest BCUT2D eigenvalue weighted by molar-refractivity contribution is 7.99. The van der Waals surface area contributed by atoms with Gasteiger partial charge < -0.3 is 19.5 Å². The van der Waals surface area contributed by atoms with Gasteiger partial charge in [0.2, 0.25) is 11.1 Å². The molecule has 1 N–H and O–H groups in total. The van der Waals surface area contributed by atoms with E-state index in [1.807, 2.05) is 48.5 Å². The highest BCUT2D eigenvalue weighted by Gasteiger charge is 2.15. The Hall–Kier alpha value is -4.11. The number of carbonyl (C=O) groups is 1. The van der Waals surface area contributed by atoms with E-state index in [0.29, 0.717) is 22.2 Å². The molecule has 1 aromatic heterocycles. The Bertz CT molecular complexity index is 1280. The van der Waals surface area contributed by atoms with Gasteiger partial charge in [-0.3, -0.25) is 4.79 Å². The van der Waals surface area contributed by atoms with Crippen molar-refractivity contribution in [1.29, 1.82) is 0 Å². The molecule has 4 aromatic rings. The number of methoxy groups -OCH3 is 3. The van der Waals surface area contributed by atoms with Gasteiger partial charge in [-0.15, -0.1) is 10.2 Å². The van der Waals surface area contributed by atoms with Crippen molar-refractivity contribution in [2.75, 3.05) is 32.4 Å². The minimum Gasteiger partial charge on any atom is -0.497 e.